The highest BCUT2D eigenvalue weighted by Gasteiger charge is 2.30. The Hall–Kier alpha value is -3.42. The van der Waals surface area contributed by atoms with Gasteiger partial charge < -0.3 is 10.6 Å². The molecule has 0 aliphatic rings. The summed E-state index contributed by atoms with van der Waals surface area (Å²) in [6.07, 6.45) is -1.61. The molecule has 0 aliphatic heterocycles. The van der Waals surface area contributed by atoms with Crippen molar-refractivity contribution in [3.05, 3.63) is 83.8 Å². The predicted molar refractivity (Wildman–Crippen MR) is 95.2 cm³/mol. The number of halogens is 3. The number of aromatic nitrogens is 2. The van der Waals surface area contributed by atoms with Gasteiger partial charge in [0.05, 0.1) is 5.56 Å². The van der Waals surface area contributed by atoms with Crippen molar-refractivity contribution in [3.8, 4) is 0 Å². The van der Waals surface area contributed by atoms with E-state index < -0.39 is 17.6 Å². The van der Waals surface area contributed by atoms with E-state index in [2.05, 4.69) is 20.6 Å². The molecule has 2 N–H and O–H groups in total. The quantitative estimate of drug-likeness (QED) is 0.698. The van der Waals surface area contributed by atoms with Crippen molar-refractivity contribution in [1.29, 1.82) is 0 Å². The maximum absolute atomic E-state index is 12.6. The number of nitrogens with zero attached hydrogens (tertiary/aromatic N) is 2. The van der Waals surface area contributed by atoms with Gasteiger partial charge in [-0.15, -0.1) is 0 Å². The molecule has 0 saturated heterocycles. The van der Waals surface area contributed by atoms with Crippen LogP contribution in [0.3, 0.4) is 0 Å². The van der Waals surface area contributed by atoms with Gasteiger partial charge in [-0.25, -0.2) is 9.97 Å². The molecule has 0 saturated carbocycles. The minimum Gasteiger partial charge on any atom is -0.364 e. The molecule has 2 aromatic carbocycles. The number of amides is 1. The molecule has 0 unspecified atom stereocenters. The number of alkyl halides is 3. The van der Waals surface area contributed by atoms with E-state index in [-0.39, 0.29) is 17.2 Å². The van der Waals surface area contributed by atoms with Crippen LogP contribution in [0.2, 0.25) is 0 Å². The van der Waals surface area contributed by atoms with E-state index in [4.69, 9.17) is 0 Å². The minimum atomic E-state index is -4.43. The summed E-state index contributed by atoms with van der Waals surface area (Å²) in [6, 6.07) is 13.7. The number of hydrogen-bond donors (Lipinski definition) is 2. The molecule has 1 amide bonds. The average Bonchev–Trinajstić information content (AvgIpc) is 2.67. The Balaban J connectivity index is 1.71. The number of nitrogens with one attached hydrogen (secondary N) is 2. The molecule has 0 radical (unpaired) electrons. The lowest BCUT2D eigenvalue weighted by Gasteiger charge is -2.11. The van der Waals surface area contributed by atoms with Crippen molar-refractivity contribution >= 4 is 17.4 Å². The molecule has 138 valence electrons. The summed E-state index contributed by atoms with van der Waals surface area (Å²) in [5.74, 6) is -0.288. The number of hydrogen-bond acceptors (Lipinski definition) is 4. The Labute approximate surface area is 153 Å². The van der Waals surface area contributed by atoms with E-state index >= 15 is 0 Å². The van der Waals surface area contributed by atoms with Crippen LogP contribution in [-0.2, 0) is 12.7 Å². The first kappa shape index (κ1) is 18.4. The summed E-state index contributed by atoms with van der Waals surface area (Å²) in [6.45, 7) is 0.445. The molecule has 1 heterocycles. The molecule has 3 rings (SSSR count). The Morgan fingerprint density at radius 2 is 1.59 bits per heavy atom. The van der Waals surface area contributed by atoms with Gasteiger partial charge in [0.2, 0.25) is 0 Å². The third-order valence-electron chi connectivity index (χ3n) is 3.69. The van der Waals surface area contributed by atoms with Crippen molar-refractivity contribution in [2.75, 3.05) is 10.6 Å². The Kier molecular flexibility index (Phi) is 5.35. The van der Waals surface area contributed by atoms with Crippen LogP contribution in [-0.4, -0.2) is 15.9 Å². The van der Waals surface area contributed by atoms with Crippen LogP contribution in [0.25, 0.3) is 0 Å². The molecule has 0 bridgehead atoms. The second-order valence-electron chi connectivity index (χ2n) is 5.62. The molecule has 0 spiro atoms. The molecule has 3 aromatic rings. The van der Waals surface area contributed by atoms with Crippen molar-refractivity contribution in [3.63, 3.8) is 0 Å². The number of carbonyl (C=O) groups excluding carboxylic acids is 1. The van der Waals surface area contributed by atoms with E-state index in [9.17, 15) is 18.0 Å². The normalized spacial score (nSPS) is 11.1. The van der Waals surface area contributed by atoms with E-state index in [1.165, 1.54) is 24.5 Å². The molecule has 0 fully saturated rings. The van der Waals surface area contributed by atoms with Gasteiger partial charge in [0, 0.05) is 24.6 Å². The molecular formula is C19H15F3N4O. The fourth-order valence-electron chi connectivity index (χ4n) is 2.35. The first-order valence-electron chi connectivity index (χ1n) is 8.01. The maximum Gasteiger partial charge on any atom is 0.416 e. The average molecular weight is 372 g/mol. The third-order valence-corrected chi connectivity index (χ3v) is 3.69. The third kappa shape index (κ3) is 4.81. The van der Waals surface area contributed by atoms with Crippen LogP contribution in [0.5, 0.6) is 0 Å². The zero-order valence-corrected chi connectivity index (χ0v) is 14.0. The highest BCUT2D eigenvalue weighted by Crippen LogP contribution is 2.29. The summed E-state index contributed by atoms with van der Waals surface area (Å²) in [7, 11) is 0. The van der Waals surface area contributed by atoms with Gasteiger partial charge in [-0.2, -0.15) is 13.2 Å². The van der Waals surface area contributed by atoms with Crippen LogP contribution in [0, 0.1) is 0 Å². The highest BCUT2D eigenvalue weighted by molar-refractivity contribution is 6.05. The fourth-order valence-corrected chi connectivity index (χ4v) is 2.35. The molecular weight excluding hydrogens is 357 g/mol. The van der Waals surface area contributed by atoms with Gasteiger partial charge >= 0.3 is 6.18 Å². The van der Waals surface area contributed by atoms with Crippen LogP contribution < -0.4 is 10.6 Å². The number of rotatable bonds is 5. The zero-order chi connectivity index (χ0) is 19.3. The monoisotopic (exact) mass is 372 g/mol. The van der Waals surface area contributed by atoms with Gasteiger partial charge in [-0.1, -0.05) is 30.3 Å². The number of carbonyl (C=O) groups is 1. The topological polar surface area (TPSA) is 66.9 Å². The number of anilines is 2. The van der Waals surface area contributed by atoms with Crippen LogP contribution in [0.15, 0.2) is 67.0 Å². The van der Waals surface area contributed by atoms with E-state index in [0.717, 1.165) is 17.7 Å². The lowest BCUT2D eigenvalue weighted by Crippen LogP contribution is -2.17. The standard InChI is InChI=1S/C19H15F3N4O/c20-19(21,22)14-6-8-15(9-7-14)26-18(27)16-17(24-11-10-23-16)25-12-13-4-2-1-3-5-13/h1-11H,12H2,(H,24,25)(H,26,27). The summed E-state index contributed by atoms with van der Waals surface area (Å²) < 4.78 is 37.8. The summed E-state index contributed by atoms with van der Waals surface area (Å²) in [4.78, 5) is 20.6. The van der Waals surface area contributed by atoms with Crippen LogP contribution in [0.1, 0.15) is 21.6 Å². The van der Waals surface area contributed by atoms with Crippen LogP contribution in [0.4, 0.5) is 24.7 Å². The zero-order valence-electron chi connectivity index (χ0n) is 14.0. The second-order valence-corrected chi connectivity index (χ2v) is 5.62. The largest absolute Gasteiger partial charge is 0.416 e. The van der Waals surface area contributed by atoms with E-state index in [1.54, 1.807) is 0 Å². The van der Waals surface area contributed by atoms with Crippen molar-refractivity contribution in [1.82, 2.24) is 9.97 Å². The van der Waals surface area contributed by atoms with Crippen molar-refractivity contribution in [2.24, 2.45) is 0 Å². The summed E-state index contributed by atoms with van der Waals surface area (Å²) >= 11 is 0. The van der Waals surface area contributed by atoms with Gasteiger partial charge in [-0.05, 0) is 29.8 Å². The van der Waals surface area contributed by atoms with Crippen molar-refractivity contribution < 1.29 is 18.0 Å². The predicted octanol–water partition coefficient (Wildman–Crippen LogP) is 4.36. The smallest absolute Gasteiger partial charge is 0.364 e. The van der Waals surface area contributed by atoms with Gasteiger partial charge in [0.15, 0.2) is 11.5 Å². The lowest BCUT2D eigenvalue weighted by atomic mass is 10.2. The maximum atomic E-state index is 12.6. The summed E-state index contributed by atoms with van der Waals surface area (Å²) in [5, 5.41) is 5.57. The Morgan fingerprint density at radius 3 is 2.26 bits per heavy atom. The SMILES string of the molecule is O=C(Nc1ccc(C(F)(F)F)cc1)c1nccnc1NCc1ccccc1. The second kappa shape index (κ2) is 7.86. The minimum absolute atomic E-state index is 0.0494. The van der Waals surface area contributed by atoms with Crippen LogP contribution >= 0.6 is 0 Å². The first-order chi connectivity index (χ1) is 12.9. The molecule has 8 heteroatoms. The Morgan fingerprint density at radius 1 is 0.926 bits per heavy atom. The van der Waals surface area contributed by atoms with Gasteiger partial charge in [0.1, 0.15) is 0 Å². The first-order valence-corrected chi connectivity index (χ1v) is 8.01. The lowest BCUT2D eigenvalue weighted by molar-refractivity contribution is -0.137. The molecule has 1 aromatic heterocycles. The molecule has 27 heavy (non-hydrogen) atoms. The van der Waals surface area contributed by atoms with Gasteiger partial charge in [-0.3, -0.25) is 4.79 Å². The van der Waals surface area contributed by atoms with E-state index in [1.807, 2.05) is 30.3 Å². The highest BCUT2D eigenvalue weighted by atomic mass is 19.4. The van der Waals surface area contributed by atoms with Crippen molar-refractivity contribution in [2.45, 2.75) is 12.7 Å². The fraction of sp³-hybridized carbons (Fsp3) is 0.105. The van der Waals surface area contributed by atoms with E-state index in [0.29, 0.717) is 6.54 Å². The Bertz CT molecular complexity index is 912. The molecule has 0 aliphatic carbocycles. The van der Waals surface area contributed by atoms with Gasteiger partial charge in [0.25, 0.3) is 5.91 Å². The molecule has 0 atom stereocenters. The molecule has 5 nitrogen and oxygen atoms in total. The number of benzene rings is 2. The summed E-state index contributed by atoms with van der Waals surface area (Å²) in [5.41, 5.74) is 0.489.